The number of aliphatic hydroxyl groups is 1. The number of unbranched alkanes of at least 4 members (excludes halogenated alkanes) is 44. The molecule has 17 nitrogen and oxygen atoms in total. The molecule has 0 aliphatic rings. The zero-order chi connectivity index (χ0) is 67.0. The van der Waals surface area contributed by atoms with Gasteiger partial charge in [0.15, 0.2) is 12.2 Å². The number of ether oxygens (including phenoxy) is 4. The average Bonchev–Trinajstić information content (AvgIpc) is 3.67. The van der Waals surface area contributed by atoms with Crippen molar-refractivity contribution in [2.45, 2.75) is 393 Å². The summed E-state index contributed by atoms with van der Waals surface area (Å²) >= 11 is 0. The minimum atomic E-state index is -4.95. The highest BCUT2D eigenvalue weighted by molar-refractivity contribution is 7.47. The minimum Gasteiger partial charge on any atom is -0.462 e. The van der Waals surface area contributed by atoms with Crippen LogP contribution >= 0.6 is 15.6 Å². The molecule has 0 aliphatic carbocycles. The zero-order valence-corrected chi connectivity index (χ0v) is 60.8. The summed E-state index contributed by atoms with van der Waals surface area (Å²) in [7, 11) is -9.90. The van der Waals surface area contributed by atoms with Gasteiger partial charge in [0.2, 0.25) is 0 Å². The number of rotatable bonds is 72. The summed E-state index contributed by atoms with van der Waals surface area (Å²) in [6.07, 6.45) is 53.0. The van der Waals surface area contributed by atoms with Gasteiger partial charge < -0.3 is 33.8 Å². The van der Waals surface area contributed by atoms with Gasteiger partial charge in [0.1, 0.15) is 19.3 Å². The lowest BCUT2D eigenvalue weighted by Gasteiger charge is -2.21. The van der Waals surface area contributed by atoms with Gasteiger partial charge in [-0.2, -0.15) is 0 Å². The maximum atomic E-state index is 13.0. The average molecular weight is 1340 g/mol. The zero-order valence-electron chi connectivity index (χ0n) is 59.0. The third kappa shape index (κ3) is 66.5. The van der Waals surface area contributed by atoms with Crippen LogP contribution in [0.25, 0.3) is 0 Å². The molecule has 0 heterocycles. The highest BCUT2D eigenvalue weighted by Gasteiger charge is 2.30. The van der Waals surface area contributed by atoms with Crippen molar-refractivity contribution in [1.82, 2.24) is 0 Å². The van der Waals surface area contributed by atoms with Crippen LogP contribution in [-0.4, -0.2) is 96.7 Å². The molecule has 0 saturated carbocycles. The molecule has 3 N–H and O–H groups in total. The molecule has 0 saturated heterocycles. The number of esters is 4. The molecule has 0 amide bonds. The summed E-state index contributed by atoms with van der Waals surface area (Å²) in [6, 6.07) is 0. The Morgan fingerprint density at radius 2 is 0.505 bits per heavy atom. The van der Waals surface area contributed by atoms with Crippen molar-refractivity contribution >= 4 is 39.5 Å². The first-order chi connectivity index (χ1) is 44.0. The van der Waals surface area contributed by atoms with Gasteiger partial charge in [0.25, 0.3) is 0 Å². The molecule has 19 heteroatoms. The van der Waals surface area contributed by atoms with E-state index >= 15 is 0 Å². The van der Waals surface area contributed by atoms with Gasteiger partial charge in [-0.05, 0) is 31.6 Å². The molecule has 0 aliphatic heterocycles. The lowest BCUT2D eigenvalue weighted by molar-refractivity contribution is -0.161. The lowest BCUT2D eigenvalue weighted by atomic mass is 10.0. The van der Waals surface area contributed by atoms with Crippen LogP contribution in [0.1, 0.15) is 375 Å². The number of carbonyl (C=O) groups excluding carboxylic acids is 4. The smallest absolute Gasteiger partial charge is 0.462 e. The molecule has 0 spiro atoms. The van der Waals surface area contributed by atoms with E-state index in [1.807, 2.05) is 0 Å². The van der Waals surface area contributed by atoms with Gasteiger partial charge in [-0.25, -0.2) is 9.13 Å². The van der Waals surface area contributed by atoms with E-state index in [4.69, 9.17) is 37.0 Å². The van der Waals surface area contributed by atoms with E-state index in [9.17, 15) is 43.2 Å². The normalized spacial score (nSPS) is 14.0. The van der Waals surface area contributed by atoms with Crippen LogP contribution in [0.4, 0.5) is 0 Å². The van der Waals surface area contributed by atoms with Crippen LogP contribution in [0.2, 0.25) is 0 Å². The van der Waals surface area contributed by atoms with E-state index in [0.29, 0.717) is 31.6 Å². The van der Waals surface area contributed by atoms with Crippen molar-refractivity contribution in [1.29, 1.82) is 0 Å². The Balaban J connectivity index is 5.18. The molecule has 0 rings (SSSR count). The van der Waals surface area contributed by atoms with Crippen molar-refractivity contribution in [3.8, 4) is 0 Å². The van der Waals surface area contributed by atoms with Crippen LogP contribution in [0.5, 0.6) is 0 Å². The standard InChI is InChI=1S/C72H140O17P2/c1-6-9-12-15-18-21-23-25-27-28-29-30-32-34-36-38-41-47-52-57-71(76)88-67(61-83-70(75)56-51-46-40-37-35-33-31-26-24-22-19-16-13-10-7-2)63-86-90(78,79)84-59-66(73)60-85-91(80,81)87-64-68(62-82-69(74)55-50-45-39-20-17-14-11-8-3)89-72(77)58-53-48-43-42-44-49-54-65(4)5/h65-68,73H,6-64H2,1-5H3,(H,78,79)(H,80,81)/t66-,67-,68-/m1/s1. The van der Waals surface area contributed by atoms with E-state index in [1.54, 1.807) is 0 Å². The van der Waals surface area contributed by atoms with E-state index < -0.39 is 97.5 Å². The summed E-state index contributed by atoms with van der Waals surface area (Å²) in [5.74, 6) is -1.46. The number of phosphoric acid groups is 2. The van der Waals surface area contributed by atoms with Crippen LogP contribution in [0.3, 0.4) is 0 Å². The topological polar surface area (TPSA) is 237 Å². The highest BCUT2D eigenvalue weighted by Crippen LogP contribution is 2.45. The molecule has 0 aromatic heterocycles. The maximum absolute atomic E-state index is 13.0. The van der Waals surface area contributed by atoms with Crippen molar-refractivity contribution in [2.75, 3.05) is 39.6 Å². The molecule has 2 unspecified atom stereocenters. The SMILES string of the molecule is CCCCCCCCCCCCCCCCCCCCCC(=O)O[C@H](COC(=O)CCCCCCCCCCCCCCCCC)COP(=O)(O)OC[C@@H](O)COP(=O)(O)OC[C@@H](COC(=O)CCCCCCCCCC)OC(=O)CCCCCCCCC(C)C. The number of hydrogen-bond acceptors (Lipinski definition) is 15. The van der Waals surface area contributed by atoms with Gasteiger partial charge in [0, 0.05) is 25.7 Å². The van der Waals surface area contributed by atoms with E-state index in [2.05, 4.69) is 34.6 Å². The Labute approximate surface area is 556 Å². The number of carbonyl (C=O) groups is 4. The summed E-state index contributed by atoms with van der Waals surface area (Å²) in [5, 5.41) is 10.6. The van der Waals surface area contributed by atoms with Gasteiger partial charge in [-0.3, -0.25) is 37.3 Å². The Hall–Kier alpha value is -1.94. The Morgan fingerprint density at radius 3 is 0.747 bits per heavy atom. The van der Waals surface area contributed by atoms with Crippen LogP contribution in [0.15, 0.2) is 0 Å². The fraction of sp³-hybridized carbons (Fsp3) is 0.944. The Bertz CT molecular complexity index is 1750. The second-order valence-corrected chi connectivity index (χ2v) is 29.4. The van der Waals surface area contributed by atoms with Gasteiger partial charge in [-0.1, -0.05) is 324 Å². The predicted molar refractivity (Wildman–Crippen MR) is 368 cm³/mol. The van der Waals surface area contributed by atoms with E-state index in [-0.39, 0.29) is 25.7 Å². The van der Waals surface area contributed by atoms with E-state index in [1.165, 1.54) is 193 Å². The monoisotopic (exact) mass is 1340 g/mol. The number of aliphatic hydroxyl groups excluding tert-OH is 1. The van der Waals surface area contributed by atoms with Crippen LogP contribution in [-0.2, 0) is 65.4 Å². The molecule has 0 aromatic rings. The largest absolute Gasteiger partial charge is 0.472 e. The molecule has 540 valence electrons. The fourth-order valence-electron chi connectivity index (χ4n) is 11.0. The van der Waals surface area contributed by atoms with Crippen LogP contribution < -0.4 is 0 Å². The molecule has 0 bridgehead atoms. The molecular weight excluding hydrogens is 1200 g/mol. The summed E-state index contributed by atoms with van der Waals surface area (Å²) in [6.45, 7) is 7.14. The highest BCUT2D eigenvalue weighted by atomic mass is 31.2. The quantitative estimate of drug-likeness (QED) is 0.0222. The number of phosphoric ester groups is 2. The molecular formula is C72H140O17P2. The van der Waals surface area contributed by atoms with E-state index in [0.717, 1.165) is 96.3 Å². The molecule has 0 radical (unpaired) electrons. The maximum Gasteiger partial charge on any atom is 0.472 e. The second-order valence-electron chi connectivity index (χ2n) is 26.5. The first kappa shape index (κ1) is 89.1. The molecule has 0 fully saturated rings. The predicted octanol–water partition coefficient (Wildman–Crippen LogP) is 20.9. The van der Waals surface area contributed by atoms with Gasteiger partial charge >= 0.3 is 39.5 Å². The first-order valence-corrected chi connectivity index (χ1v) is 40.6. The first-order valence-electron chi connectivity index (χ1n) is 37.6. The van der Waals surface area contributed by atoms with Crippen molar-refractivity contribution in [2.24, 2.45) is 5.92 Å². The second kappa shape index (κ2) is 65.4. The molecule has 5 atom stereocenters. The third-order valence-corrected chi connectivity index (χ3v) is 18.7. The Kier molecular flexibility index (Phi) is 64.0. The minimum absolute atomic E-state index is 0.102. The lowest BCUT2D eigenvalue weighted by Crippen LogP contribution is -2.30. The molecule has 0 aromatic carbocycles. The van der Waals surface area contributed by atoms with Crippen molar-refractivity contribution < 1.29 is 80.2 Å². The van der Waals surface area contributed by atoms with Gasteiger partial charge in [0.05, 0.1) is 26.4 Å². The third-order valence-electron chi connectivity index (χ3n) is 16.8. The fourth-order valence-corrected chi connectivity index (χ4v) is 12.6. The van der Waals surface area contributed by atoms with Crippen molar-refractivity contribution in [3.05, 3.63) is 0 Å². The summed E-state index contributed by atoms with van der Waals surface area (Å²) in [5.41, 5.74) is 0. The van der Waals surface area contributed by atoms with Crippen molar-refractivity contribution in [3.63, 3.8) is 0 Å². The summed E-state index contributed by atoms with van der Waals surface area (Å²) < 4.78 is 68.2. The Morgan fingerprint density at radius 1 is 0.297 bits per heavy atom. The number of hydrogen-bond donors (Lipinski definition) is 3. The van der Waals surface area contributed by atoms with Crippen LogP contribution in [0, 0.1) is 5.92 Å². The summed E-state index contributed by atoms with van der Waals surface area (Å²) in [4.78, 5) is 72.5. The molecule has 91 heavy (non-hydrogen) atoms. The van der Waals surface area contributed by atoms with Gasteiger partial charge in [-0.15, -0.1) is 0 Å².